The van der Waals surface area contributed by atoms with Crippen LogP contribution in [0.2, 0.25) is 0 Å². The number of carbonyl (C=O) groups is 1. The Balaban J connectivity index is 0.00000338. The maximum atomic E-state index is 11.8. The highest BCUT2D eigenvalue weighted by molar-refractivity contribution is 14.0. The highest BCUT2D eigenvalue weighted by atomic mass is 127. The van der Waals surface area contributed by atoms with E-state index in [1.165, 1.54) is 5.56 Å². The predicted octanol–water partition coefficient (Wildman–Crippen LogP) is 2.44. The average molecular weight is 473 g/mol. The topological polar surface area (TPSA) is 60.0 Å². The predicted molar refractivity (Wildman–Crippen MR) is 119 cm³/mol. The van der Waals surface area contributed by atoms with E-state index in [9.17, 15) is 4.79 Å². The lowest BCUT2D eigenvalue weighted by Gasteiger charge is -2.19. The van der Waals surface area contributed by atoms with Gasteiger partial charge < -0.3 is 20.4 Å². The van der Waals surface area contributed by atoms with Gasteiger partial charge in [0.2, 0.25) is 5.91 Å². The summed E-state index contributed by atoms with van der Waals surface area (Å²) in [5.74, 6) is 1.04. The van der Waals surface area contributed by atoms with Crippen LogP contribution in [0, 0.1) is 0 Å². The highest BCUT2D eigenvalue weighted by Gasteiger charge is 2.21. The Morgan fingerprint density at radius 2 is 1.88 bits per heavy atom. The standard InChI is InChI=1S/C19H31N5O.HI/c1-4-23(5-2)14-12-21-19(20-3)22-15-16-8-10-17(11-9-16)24-13-6-7-18(24)25;/h8-11H,4-7,12-15H2,1-3H3,(H2,20,21,22);1H. The van der Waals surface area contributed by atoms with Crippen LogP contribution < -0.4 is 15.5 Å². The van der Waals surface area contributed by atoms with Gasteiger partial charge in [-0.15, -0.1) is 24.0 Å². The van der Waals surface area contributed by atoms with Crippen LogP contribution in [0.3, 0.4) is 0 Å². The molecule has 2 rings (SSSR count). The zero-order valence-electron chi connectivity index (χ0n) is 16.1. The summed E-state index contributed by atoms with van der Waals surface area (Å²) in [5, 5.41) is 6.68. The van der Waals surface area contributed by atoms with Crippen molar-refractivity contribution in [2.75, 3.05) is 44.7 Å². The van der Waals surface area contributed by atoms with E-state index in [1.807, 2.05) is 17.0 Å². The number of guanidine groups is 1. The van der Waals surface area contributed by atoms with Crippen LogP contribution in [-0.2, 0) is 11.3 Å². The molecule has 2 N–H and O–H groups in total. The van der Waals surface area contributed by atoms with Crippen molar-refractivity contribution < 1.29 is 4.79 Å². The fourth-order valence-electron chi connectivity index (χ4n) is 2.99. The number of likely N-dealkylation sites (N-methyl/N-ethyl adjacent to an activating group) is 1. The van der Waals surface area contributed by atoms with Crippen molar-refractivity contribution in [1.29, 1.82) is 0 Å². The van der Waals surface area contributed by atoms with Crippen LogP contribution in [0.1, 0.15) is 32.3 Å². The molecule has 1 aromatic carbocycles. The number of nitrogens with one attached hydrogen (secondary N) is 2. The summed E-state index contributed by atoms with van der Waals surface area (Å²) in [6.07, 6.45) is 1.62. The van der Waals surface area contributed by atoms with Crippen molar-refractivity contribution in [3.63, 3.8) is 0 Å². The third-order valence-corrected chi connectivity index (χ3v) is 4.62. The van der Waals surface area contributed by atoms with Crippen LogP contribution in [0.4, 0.5) is 5.69 Å². The van der Waals surface area contributed by atoms with E-state index in [2.05, 4.69) is 46.5 Å². The van der Waals surface area contributed by atoms with Gasteiger partial charge in [-0.2, -0.15) is 0 Å². The van der Waals surface area contributed by atoms with Gasteiger partial charge in [-0.3, -0.25) is 9.79 Å². The molecule has 0 spiro atoms. The smallest absolute Gasteiger partial charge is 0.227 e. The highest BCUT2D eigenvalue weighted by Crippen LogP contribution is 2.21. The molecule has 0 aliphatic carbocycles. The Kier molecular flexibility index (Phi) is 10.6. The number of nitrogens with zero attached hydrogens (tertiary/aromatic N) is 3. The SMILES string of the molecule is CCN(CC)CCNC(=NC)NCc1ccc(N2CCCC2=O)cc1.I. The van der Waals surface area contributed by atoms with E-state index in [0.29, 0.717) is 13.0 Å². The number of aliphatic imine (C=N–C) groups is 1. The van der Waals surface area contributed by atoms with Gasteiger partial charge in [0, 0.05) is 45.3 Å². The molecule has 1 aliphatic heterocycles. The molecule has 0 saturated carbocycles. The van der Waals surface area contributed by atoms with Gasteiger partial charge in [-0.25, -0.2) is 0 Å². The van der Waals surface area contributed by atoms with Crippen molar-refractivity contribution in [3.8, 4) is 0 Å². The molecule has 0 aromatic heterocycles. The Bertz CT molecular complexity index is 572. The van der Waals surface area contributed by atoms with Gasteiger partial charge in [0.25, 0.3) is 0 Å². The molecule has 146 valence electrons. The second kappa shape index (κ2) is 12.1. The molecule has 0 unspecified atom stereocenters. The van der Waals surface area contributed by atoms with E-state index in [1.54, 1.807) is 7.05 Å². The van der Waals surface area contributed by atoms with Crippen molar-refractivity contribution in [1.82, 2.24) is 15.5 Å². The second-order valence-electron chi connectivity index (χ2n) is 6.19. The van der Waals surface area contributed by atoms with Crippen LogP contribution in [-0.4, -0.2) is 56.5 Å². The first-order valence-corrected chi connectivity index (χ1v) is 9.24. The maximum absolute atomic E-state index is 11.8. The summed E-state index contributed by atoms with van der Waals surface area (Å²) in [4.78, 5) is 20.3. The Morgan fingerprint density at radius 1 is 1.19 bits per heavy atom. The minimum absolute atomic E-state index is 0. The lowest BCUT2D eigenvalue weighted by Crippen LogP contribution is -2.41. The quantitative estimate of drug-likeness (QED) is 0.346. The summed E-state index contributed by atoms with van der Waals surface area (Å²) in [6.45, 7) is 9.90. The lowest BCUT2D eigenvalue weighted by molar-refractivity contribution is -0.117. The van der Waals surface area contributed by atoms with Crippen molar-refractivity contribution in [2.45, 2.75) is 33.2 Å². The minimum Gasteiger partial charge on any atom is -0.355 e. The van der Waals surface area contributed by atoms with E-state index < -0.39 is 0 Å². The van der Waals surface area contributed by atoms with Gasteiger partial charge in [0.05, 0.1) is 0 Å². The van der Waals surface area contributed by atoms with E-state index >= 15 is 0 Å². The number of rotatable bonds is 8. The number of benzene rings is 1. The first-order chi connectivity index (χ1) is 12.2. The van der Waals surface area contributed by atoms with Crippen molar-refractivity contribution in [3.05, 3.63) is 29.8 Å². The van der Waals surface area contributed by atoms with Crippen LogP contribution >= 0.6 is 24.0 Å². The van der Waals surface area contributed by atoms with E-state index in [4.69, 9.17) is 0 Å². The summed E-state index contributed by atoms with van der Waals surface area (Å²) in [7, 11) is 1.79. The Hall–Kier alpha value is -1.35. The van der Waals surface area contributed by atoms with Gasteiger partial charge >= 0.3 is 0 Å². The first kappa shape index (κ1) is 22.7. The number of amides is 1. The number of halogens is 1. The Morgan fingerprint density at radius 3 is 2.42 bits per heavy atom. The van der Waals surface area contributed by atoms with E-state index in [0.717, 1.165) is 50.8 Å². The normalized spacial score (nSPS) is 14.5. The molecular weight excluding hydrogens is 441 g/mol. The Labute approximate surface area is 174 Å². The zero-order chi connectivity index (χ0) is 18.1. The minimum atomic E-state index is 0. The molecule has 6 nitrogen and oxygen atoms in total. The molecule has 1 heterocycles. The van der Waals surface area contributed by atoms with Crippen molar-refractivity contribution in [2.24, 2.45) is 4.99 Å². The summed E-state index contributed by atoms with van der Waals surface area (Å²) in [6, 6.07) is 8.18. The molecule has 0 bridgehead atoms. The maximum Gasteiger partial charge on any atom is 0.227 e. The molecule has 26 heavy (non-hydrogen) atoms. The molecule has 1 fully saturated rings. The van der Waals surface area contributed by atoms with Crippen LogP contribution in [0.15, 0.2) is 29.3 Å². The lowest BCUT2D eigenvalue weighted by atomic mass is 10.2. The molecule has 1 saturated heterocycles. The van der Waals surface area contributed by atoms with Gasteiger partial charge in [-0.05, 0) is 37.2 Å². The number of anilines is 1. The first-order valence-electron chi connectivity index (χ1n) is 9.24. The van der Waals surface area contributed by atoms with Crippen LogP contribution in [0.25, 0.3) is 0 Å². The summed E-state index contributed by atoms with van der Waals surface area (Å²) < 4.78 is 0. The number of carbonyl (C=O) groups excluding carboxylic acids is 1. The monoisotopic (exact) mass is 473 g/mol. The molecule has 1 aliphatic rings. The van der Waals surface area contributed by atoms with Gasteiger partial charge in [-0.1, -0.05) is 26.0 Å². The molecule has 0 radical (unpaired) electrons. The molecule has 7 heteroatoms. The summed E-state index contributed by atoms with van der Waals surface area (Å²) in [5.41, 5.74) is 2.16. The summed E-state index contributed by atoms with van der Waals surface area (Å²) >= 11 is 0. The van der Waals surface area contributed by atoms with Crippen molar-refractivity contribution >= 4 is 41.5 Å². The number of hydrogen-bond donors (Lipinski definition) is 2. The third kappa shape index (κ3) is 6.75. The molecule has 1 amide bonds. The van der Waals surface area contributed by atoms with Crippen LogP contribution in [0.5, 0.6) is 0 Å². The largest absolute Gasteiger partial charge is 0.355 e. The third-order valence-electron chi connectivity index (χ3n) is 4.62. The fraction of sp³-hybridized carbons (Fsp3) is 0.579. The molecular formula is C19H32IN5O. The van der Waals surface area contributed by atoms with Gasteiger partial charge in [0.1, 0.15) is 0 Å². The fourth-order valence-corrected chi connectivity index (χ4v) is 2.99. The molecule has 0 atom stereocenters. The van der Waals surface area contributed by atoms with E-state index in [-0.39, 0.29) is 29.9 Å². The molecule has 1 aromatic rings. The zero-order valence-corrected chi connectivity index (χ0v) is 18.5. The number of hydrogen-bond acceptors (Lipinski definition) is 3. The van der Waals surface area contributed by atoms with Gasteiger partial charge in [0.15, 0.2) is 5.96 Å². The second-order valence-corrected chi connectivity index (χ2v) is 6.19. The average Bonchev–Trinajstić information content (AvgIpc) is 3.08.